The van der Waals surface area contributed by atoms with Gasteiger partial charge in [-0.2, -0.15) is 5.26 Å². The normalized spacial score (nSPS) is 16.4. The van der Waals surface area contributed by atoms with Crippen LogP contribution in [0.3, 0.4) is 0 Å². The molecule has 0 aliphatic carbocycles. The molecule has 2 aromatic carbocycles. The lowest BCUT2D eigenvalue weighted by molar-refractivity contribution is 0.0520. The van der Waals surface area contributed by atoms with Crippen molar-refractivity contribution in [2.75, 3.05) is 27.4 Å². The molecule has 8 nitrogen and oxygen atoms in total. The van der Waals surface area contributed by atoms with E-state index in [2.05, 4.69) is 11.1 Å². The zero-order chi connectivity index (χ0) is 25.7. The number of amides is 1. The van der Waals surface area contributed by atoms with E-state index in [1.165, 1.54) is 13.3 Å². The van der Waals surface area contributed by atoms with Crippen molar-refractivity contribution in [3.8, 4) is 17.6 Å². The van der Waals surface area contributed by atoms with Crippen LogP contribution in [0.5, 0.6) is 11.5 Å². The molecule has 1 unspecified atom stereocenters. The van der Waals surface area contributed by atoms with Crippen molar-refractivity contribution in [2.45, 2.75) is 25.3 Å². The molecule has 0 N–H and O–H groups in total. The van der Waals surface area contributed by atoms with Crippen LogP contribution in [0, 0.1) is 11.3 Å². The minimum atomic E-state index is -1.43. The van der Waals surface area contributed by atoms with E-state index in [0.717, 1.165) is 5.56 Å². The smallest absolute Gasteiger partial charge is 0.339 e. The van der Waals surface area contributed by atoms with Crippen molar-refractivity contribution < 1.29 is 23.8 Å². The number of methoxy groups -OCH3 is 2. The number of hydrogen-bond acceptors (Lipinski definition) is 7. The highest BCUT2D eigenvalue weighted by Gasteiger charge is 2.47. The predicted molar refractivity (Wildman–Crippen MR) is 132 cm³/mol. The van der Waals surface area contributed by atoms with Gasteiger partial charge in [0.05, 0.1) is 32.5 Å². The van der Waals surface area contributed by atoms with Gasteiger partial charge >= 0.3 is 5.97 Å². The number of fused-ring (bicyclic) bond motifs is 1. The maximum absolute atomic E-state index is 13.8. The molecule has 1 aliphatic heterocycles. The highest BCUT2D eigenvalue weighted by atomic mass is 16.5. The monoisotopic (exact) mass is 485 g/mol. The average molecular weight is 486 g/mol. The first-order valence-corrected chi connectivity index (χ1v) is 11.6. The first-order valence-electron chi connectivity index (χ1n) is 11.6. The summed E-state index contributed by atoms with van der Waals surface area (Å²) in [6.07, 6.45) is 3.57. The summed E-state index contributed by atoms with van der Waals surface area (Å²) in [5.41, 5.74) is 1.36. The van der Waals surface area contributed by atoms with Crippen molar-refractivity contribution >= 4 is 11.9 Å². The Bertz CT molecular complexity index is 1320. The Morgan fingerprint density at radius 2 is 1.83 bits per heavy atom. The summed E-state index contributed by atoms with van der Waals surface area (Å²) in [5.74, 6) is 0.189. The summed E-state index contributed by atoms with van der Waals surface area (Å²) in [5, 5.41) is 10.8. The van der Waals surface area contributed by atoms with Crippen molar-refractivity contribution in [3.63, 3.8) is 0 Å². The van der Waals surface area contributed by atoms with Gasteiger partial charge in [0, 0.05) is 30.9 Å². The second-order valence-corrected chi connectivity index (χ2v) is 8.34. The molecule has 0 fully saturated rings. The standard InChI is InChI=1S/C28H27N3O5/c1-4-36-27(33)22-17-30-12-10-21(22)16-28(18-29)23-15-25(35-3)24(34-2)14-20(23)11-13-31(28)26(32)19-8-6-5-7-9-19/h5-10,12,14-15,17H,4,11,13,16H2,1-3H3. The highest BCUT2D eigenvalue weighted by Crippen LogP contribution is 2.44. The van der Waals surface area contributed by atoms with Crippen molar-refractivity contribution in [3.05, 3.63) is 88.7 Å². The molecule has 1 amide bonds. The van der Waals surface area contributed by atoms with E-state index in [9.17, 15) is 14.9 Å². The molecule has 0 spiro atoms. The lowest BCUT2D eigenvalue weighted by Gasteiger charge is -2.44. The fourth-order valence-corrected chi connectivity index (χ4v) is 4.69. The van der Waals surface area contributed by atoms with Gasteiger partial charge in [0.25, 0.3) is 5.91 Å². The molecule has 2 heterocycles. The van der Waals surface area contributed by atoms with Gasteiger partial charge in [-0.15, -0.1) is 0 Å². The van der Waals surface area contributed by atoms with Crippen LogP contribution in [0.2, 0.25) is 0 Å². The molecule has 36 heavy (non-hydrogen) atoms. The van der Waals surface area contributed by atoms with Gasteiger partial charge in [0.15, 0.2) is 17.0 Å². The molecule has 0 radical (unpaired) electrons. The van der Waals surface area contributed by atoms with E-state index in [0.29, 0.717) is 41.2 Å². The minimum absolute atomic E-state index is 0.0568. The fourth-order valence-electron chi connectivity index (χ4n) is 4.69. The van der Waals surface area contributed by atoms with Gasteiger partial charge in [-0.1, -0.05) is 18.2 Å². The van der Waals surface area contributed by atoms with Gasteiger partial charge in [0.2, 0.25) is 0 Å². The summed E-state index contributed by atoms with van der Waals surface area (Å²) < 4.78 is 16.3. The zero-order valence-corrected chi connectivity index (χ0v) is 20.5. The Morgan fingerprint density at radius 1 is 1.11 bits per heavy atom. The van der Waals surface area contributed by atoms with Gasteiger partial charge < -0.3 is 19.1 Å². The topological polar surface area (TPSA) is 102 Å². The van der Waals surface area contributed by atoms with Crippen LogP contribution in [-0.4, -0.2) is 49.1 Å². The number of rotatable bonds is 7. The maximum Gasteiger partial charge on any atom is 0.339 e. The van der Waals surface area contributed by atoms with E-state index in [1.807, 2.05) is 12.1 Å². The van der Waals surface area contributed by atoms with Crippen LogP contribution in [-0.2, 0) is 23.1 Å². The molecular formula is C28H27N3O5. The van der Waals surface area contributed by atoms with Gasteiger partial charge in [-0.25, -0.2) is 4.79 Å². The van der Waals surface area contributed by atoms with E-state index in [1.54, 1.807) is 61.5 Å². The van der Waals surface area contributed by atoms with Crippen LogP contribution >= 0.6 is 0 Å². The van der Waals surface area contributed by atoms with E-state index in [-0.39, 0.29) is 24.5 Å². The van der Waals surface area contributed by atoms with Crippen molar-refractivity contribution in [1.82, 2.24) is 9.88 Å². The molecule has 184 valence electrons. The Morgan fingerprint density at radius 3 is 2.50 bits per heavy atom. The zero-order valence-electron chi connectivity index (χ0n) is 20.5. The third kappa shape index (κ3) is 4.36. The lowest BCUT2D eigenvalue weighted by atomic mass is 9.76. The molecule has 3 aromatic rings. The molecular weight excluding hydrogens is 458 g/mol. The second kappa shape index (κ2) is 10.5. The Labute approximate surface area is 210 Å². The molecule has 0 saturated carbocycles. The van der Waals surface area contributed by atoms with Crippen molar-refractivity contribution in [1.29, 1.82) is 5.26 Å². The molecule has 1 aliphatic rings. The average Bonchev–Trinajstić information content (AvgIpc) is 2.92. The Hall–Kier alpha value is -4.38. The number of nitrogens with zero attached hydrogens (tertiary/aromatic N) is 3. The molecule has 4 rings (SSSR count). The summed E-state index contributed by atoms with van der Waals surface area (Å²) in [6.45, 7) is 2.24. The summed E-state index contributed by atoms with van der Waals surface area (Å²) >= 11 is 0. The molecule has 8 heteroatoms. The molecule has 0 bridgehead atoms. The fraction of sp³-hybridized carbons (Fsp3) is 0.286. The van der Waals surface area contributed by atoms with Crippen LogP contribution in [0.1, 0.15) is 44.3 Å². The minimum Gasteiger partial charge on any atom is -0.493 e. The first kappa shape index (κ1) is 24.7. The number of carbonyl (C=O) groups is 2. The Balaban J connectivity index is 1.93. The molecule has 0 saturated heterocycles. The summed E-state index contributed by atoms with van der Waals surface area (Å²) in [7, 11) is 3.08. The van der Waals surface area contributed by atoms with Crippen LogP contribution in [0.25, 0.3) is 0 Å². The number of pyridine rings is 1. The van der Waals surface area contributed by atoms with E-state index < -0.39 is 11.5 Å². The van der Waals surface area contributed by atoms with Crippen LogP contribution in [0.4, 0.5) is 0 Å². The van der Waals surface area contributed by atoms with Crippen molar-refractivity contribution in [2.24, 2.45) is 0 Å². The molecule has 1 atom stereocenters. The summed E-state index contributed by atoms with van der Waals surface area (Å²) in [4.78, 5) is 32.2. The van der Waals surface area contributed by atoms with Crippen LogP contribution < -0.4 is 9.47 Å². The number of carbonyl (C=O) groups excluding carboxylic acids is 2. The van der Waals surface area contributed by atoms with Gasteiger partial charge in [-0.3, -0.25) is 9.78 Å². The second-order valence-electron chi connectivity index (χ2n) is 8.34. The number of esters is 1. The first-order chi connectivity index (χ1) is 17.5. The quantitative estimate of drug-likeness (QED) is 0.467. The number of hydrogen-bond donors (Lipinski definition) is 0. The van der Waals surface area contributed by atoms with E-state index >= 15 is 0 Å². The predicted octanol–water partition coefficient (Wildman–Crippen LogP) is 3.94. The van der Waals surface area contributed by atoms with Crippen LogP contribution in [0.15, 0.2) is 60.9 Å². The molecule has 1 aromatic heterocycles. The number of nitriles is 1. The number of benzene rings is 2. The lowest BCUT2D eigenvalue weighted by Crippen LogP contribution is -2.54. The summed E-state index contributed by atoms with van der Waals surface area (Å²) in [6, 6.07) is 16.6. The number of ether oxygens (including phenoxy) is 3. The third-order valence-corrected chi connectivity index (χ3v) is 6.42. The maximum atomic E-state index is 13.8. The van der Waals surface area contributed by atoms with Gasteiger partial charge in [-0.05, 0) is 60.4 Å². The van der Waals surface area contributed by atoms with Gasteiger partial charge in [0.1, 0.15) is 0 Å². The SMILES string of the molecule is CCOC(=O)c1cnccc1CC1(C#N)c2cc(OC)c(OC)cc2CCN1C(=O)c1ccccc1. The largest absolute Gasteiger partial charge is 0.493 e. The highest BCUT2D eigenvalue weighted by molar-refractivity contribution is 5.95. The third-order valence-electron chi connectivity index (χ3n) is 6.42. The number of aromatic nitrogens is 1. The van der Waals surface area contributed by atoms with E-state index in [4.69, 9.17) is 14.2 Å². The Kier molecular flexibility index (Phi) is 7.20.